The van der Waals surface area contributed by atoms with Gasteiger partial charge in [0, 0.05) is 19.5 Å². The number of aromatic nitrogens is 2. The zero-order valence-corrected chi connectivity index (χ0v) is 15.2. The summed E-state index contributed by atoms with van der Waals surface area (Å²) in [7, 11) is 3.16. The molecule has 1 amide bonds. The first kappa shape index (κ1) is 18.3. The van der Waals surface area contributed by atoms with E-state index >= 15 is 0 Å². The van der Waals surface area contributed by atoms with Gasteiger partial charge < -0.3 is 9.64 Å². The molecule has 0 aliphatic carbocycles. The van der Waals surface area contributed by atoms with Gasteiger partial charge in [0.2, 0.25) is 0 Å². The van der Waals surface area contributed by atoms with Gasteiger partial charge in [-0.3, -0.25) is 9.59 Å². The number of ether oxygens (including phenoxy) is 1. The lowest BCUT2D eigenvalue weighted by Crippen LogP contribution is -2.35. The van der Waals surface area contributed by atoms with E-state index in [1.54, 1.807) is 62.6 Å². The van der Waals surface area contributed by atoms with Crippen LogP contribution in [-0.4, -0.2) is 46.8 Å². The van der Waals surface area contributed by atoms with Gasteiger partial charge in [-0.25, -0.2) is 4.79 Å². The van der Waals surface area contributed by atoms with Crippen molar-refractivity contribution in [1.29, 1.82) is 0 Å². The van der Waals surface area contributed by atoms with Gasteiger partial charge in [0.1, 0.15) is 0 Å². The number of hydrogen-bond acceptors (Lipinski definition) is 5. The van der Waals surface area contributed by atoms with E-state index in [0.717, 1.165) is 4.68 Å². The molecule has 7 nitrogen and oxygen atoms in total. The summed E-state index contributed by atoms with van der Waals surface area (Å²) in [5.74, 6) is -1.11. The topological polar surface area (TPSA) is 81.5 Å². The molecule has 0 saturated heterocycles. The molecule has 3 rings (SSSR count). The lowest BCUT2D eigenvalue weighted by Gasteiger charge is -2.17. The molecule has 27 heavy (non-hydrogen) atoms. The highest BCUT2D eigenvalue weighted by atomic mass is 16.5. The quantitative estimate of drug-likeness (QED) is 0.661. The zero-order chi connectivity index (χ0) is 19.6. The van der Waals surface area contributed by atoms with E-state index in [4.69, 9.17) is 4.74 Å². The summed E-state index contributed by atoms with van der Waals surface area (Å²) in [6.07, 6.45) is -0.967. The minimum Gasteiger partial charge on any atom is -0.448 e. The van der Waals surface area contributed by atoms with Gasteiger partial charge in [-0.1, -0.05) is 36.4 Å². The molecule has 2 aromatic carbocycles. The Morgan fingerprint density at radius 1 is 1.00 bits per heavy atom. The average Bonchev–Trinajstić information content (AvgIpc) is 2.68. The second-order valence-electron chi connectivity index (χ2n) is 6.23. The first-order valence-corrected chi connectivity index (χ1v) is 8.40. The third-order valence-electron chi connectivity index (χ3n) is 4.07. The van der Waals surface area contributed by atoms with Crippen LogP contribution in [0.2, 0.25) is 0 Å². The number of carbonyl (C=O) groups excluding carboxylic acids is 2. The molecule has 0 radical (unpaired) electrons. The van der Waals surface area contributed by atoms with Crippen molar-refractivity contribution < 1.29 is 14.3 Å². The third kappa shape index (κ3) is 3.57. The molecule has 7 heteroatoms. The number of nitrogens with zero attached hydrogens (tertiary/aromatic N) is 3. The van der Waals surface area contributed by atoms with Gasteiger partial charge in [-0.2, -0.15) is 9.78 Å². The van der Waals surface area contributed by atoms with Crippen molar-refractivity contribution in [1.82, 2.24) is 14.7 Å². The molecule has 0 saturated carbocycles. The lowest BCUT2D eigenvalue weighted by atomic mass is 10.1. The summed E-state index contributed by atoms with van der Waals surface area (Å²) in [5.41, 5.74) is 0.165. The fourth-order valence-corrected chi connectivity index (χ4v) is 2.71. The van der Waals surface area contributed by atoms with Gasteiger partial charge in [0.05, 0.1) is 11.1 Å². The van der Waals surface area contributed by atoms with Crippen LogP contribution < -0.4 is 5.56 Å². The molecule has 1 aromatic heterocycles. The van der Waals surface area contributed by atoms with E-state index in [0.29, 0.717) is 16.5 Å². The number of carbonyl (C=O) groups is 2. The Bertz CT molecular complexity index is 1060. The molecule has 138 valence electrons. The molecule has 0 fully saturated rings. The van der Waals surface area contributed by atoms with Crippen LogP contribution in [0.25, 0.3) is 16.5 Å². The Morgan fingerprint density at radius 3 is 2.22 bits per heavy atom. The highest BCUT2D eigenvalue weighted by Crippen LogP contribution is 2.17. The van der Waals surface area contributed by atoms with Gasteiger partial charge >= 0.3 is 5.97 Å². The predicted octanol–water partition coefficient (Wildman–Crippen LogP) is 2.02. The SMILES string of the molecule is C[C@H](OC(=O)c1nn(-c2ccccc2)c(=O)c2ccccc12)C(=O)N(C)C. The molecular formula is C20H19N3O4. The van der Waals surface area contributed by atoms with E-state index in [1.165, 1.54) is 11.8 Å². The number of likely N-dealkylation sites (N-methyl/N-ethyl adjacent to an activating group) is 1. The normalized spacial score (nSPS) is 11.8. The Kier molecular flexibility index (Phi) is 5.03. The molecule has 1 heterocycles. The van der Waals surface area contributed by atoms with Crippen molar-refractivity contribution in [3.8, 4) is 5.69 Å². The van der Waals surface area contributed by atoms with Gasteiger partial charge in [-0.05, 0) is 25.1 Å². The maximum absolute atomic E-state index is 12.8. The smallest absolute Gasteiger partial charge is 0.360 e. The number of benzene rings is 2. The number of fused-ring (bicyclic) bond motifs is 1. The second-order valence-corrected chi connectivity index (χ2v) is 6.23. The summed E-state index contributed by atoms with van der Waals surface area (Å²) >= 11 is 0. The molecule has 0 aliphatic rings. The average molecular weight is 365 g/mol. The van der Waals surface area contributed by atoms with Crippen molar-refractivity contribution >= 4 is 22.6 Å². The van der Waals surface area contributed by atoms with Crippen LogP contribution in [0.4, 0.5) is 0 Å². The van der Waals surface area contributed by atoms with Crippen LogP contribution >= 0.6 is 0 Å². The summed E-state index contributed by atoms with van der Waals surface area (Å²) in [4.78, 5) is 38.9. The third-order valence-corrected chi connectivity index (χ3v) is 4.07. The van der Waals surface area contributed by atoms with Crippen LogP contribution in [0, 0.1) is 0 Å². The molecule has 0 bridgehead atoms. The van der Waals surface area contributed by atoms with Crippen LogP contribution in [-0.2, 0) is 9.53 Å². The minimum absolute atomic E-state index is 0.0209. The summed E-state index contributed by atoms with van der Waals surface area (Å²) < 4.78 is 6.45. The van der Waals surface area contributed by atoms with Crippen LogP contribution in [0.3, 0.4) is 0 Å². The number of amides is 1. The number of esters is 1. The first-order valence-electron chi connectivity index (χ1n) is 8.40. The summed E-state index contributed by atoms with van der Waals surface area (Å²) in [6, 6.07) is 15.5. The predicted molar refractivity (Wildman–Crippen MR) is 101 cm³/mol. The van der Waals surface area contributed by atoms with Crippen LogP contribution in [0.15, 0.2) is 59.4 Å². The van der Waals surface area contributed by atoms with Crippen LogP contribution in [0.5, 0.6) is 0 Å². The van der Waals surface area contributed by atoms with Crippen molar-refractivity contribution in [3.63, 3.8) is 0 Å². The van der Waals surface area contributed by atoms with E-state index in [-0.39, 0.29) is 17.2 Å². The summed E-state index contributed by atoms with van der Waals surface area (Å²) in [5, 5.41) is 4.95. The van der Waals surface area contributed by atoms with Gasteiger partial charge in [0.25, 0.3) is 11.5 Å². The Labute approximate surface area is 155 Å². The lowest BCUT2D eigenvalue weighted by molar-refractivity contribution is -0.137. The zero-order valence-electron chi connectivity index (χ0n) is 15.2. The molecule has 0 N–H and O–H groups in total. The van der Waals surface area contributed by atoms with Crippen LogP contribution in [0.1, 0.15) is 17.4 Å². The van der Waals surface area contributed by atoms with E-state index < -0.39 is 12.1 Å². The summed E-state index contributed by atoms with van der Waals surface area (Å²) in [6.45, 7) is 1.50. The van der Waals surface area contributed by atoms with E-state index in [9.17, 15) is 14.4 Å². The molecule has 0 spiro atoms. The molecule has 0 unspecified atom stereocenters. The van der Waals surface area contributed by atoms with Gasteiger partial charge in [-0.15, -0.1) is 0 Å². The van der Waals surface area contributed by atoms with E-state index in [2.05, 4.69) is 5.10 Å². The fourth-order valence-electron chi connectivity index (χ4n) is 2.71. The Morgan fingerprint density at radius 2 is 1.59 bits per heavy atom. The number of hydrogen-bond donors (Lipinski definition) is 0. The Balaban J connectivity index is 2.12. The monoisotopic (exact) mass is 365 g/mol. The molecule has 3 aromatic rings. The molecule has 1 atom stereocenters. The largest absolute Gasteiger partial charge is 0.448 e. The van der Waals surface area contributed by atoms with Crippen molar-refractivity contribution in [2.75, 3.05) is 14.1 Å². The van der Waals surface area contributed by atoms with Gasteiger partial charge in [0.15, 0.2) is 11.8 Å². The first-order chi connectivity index (χ1) is 12.9. The highest BCUT2D eigenvalue weighted by molar-refractivity contribution is 6.03. The fraction of sp³-hybridized carbons (Fsp3) is 0.200. The molecular weight excluding hydrogens is 346 g/mol. The maximum atomic E-state index is 12.8. The molecule has 0 aliphatic heterocycles. The highest BCUT2D eigenvalue weighted by Gasteiger charge is 2.24. The number of para-hydroxylation sites is 1. The second kappa shape index (κ2) is 7.41. The van der Waals surface area contributed by atoms with Crippen molar-refractivity contribution in [2.45, 2.75) is 13.0 Å². The number of rotatable bonds is 4. The van der Waals surface area contributed by atoms with Crippen molar-refractivity contribution in [3.05, 3.63) is 70.6 Å². The van der Waals surface area contributed by atoms with Crippen molar-refractivity contribution in [2.24, 2.45) is 0 Å². The standard InChI is InChI=1S/C20H19N3O4/c1-13(18(24)22(2)3)27-20(26)17-15-11-7-8-12-16(15)19(25)23(21-17)14-9-5-4-6-10-14/h4-13H,1-3H3/t13-/m0/s1. The maximum Gasteiger partial charge on any atom is 0.360 e. The minimum atomic E-state index is -0.967. The Hall–Kier alpha value is -3.48. The van der Waals surface area contributed by atoms with E-state index in [1.807, 2.05) is 6.07 Å².